The monoisotopic (exact) mass is 279 g/mol. The van der Waals surface area contributed by atoms with E-state index >= 15 is 0 Å². The van der Waals surface area contributed by atoms with Crippen LogP contribution < -0.4 is 5.32 Å². The van der Waals surface area contributed by atoms with Crippen LogP contribution in [0.3, 0.4) is 0 Å². The average Bonchev–Trinajstić information content (AvgIpc) is 2.43. The Morgan fingerprint density at radius 1 is 1.10 bits per heavy atom. The lowest BCUT2D eigenvalue weighted by Crippen LogP contribution is -2.45. The molecule has 3 heteroatoms. The maximum absolute atomic E-state index is 5.76. The Balaban J connectivity index is 2.75. The number of ether oxygens (including phenoxy) is 2. The second kappa shape index (κ2) is 9.92. The summed E-state index contributed by atoms with van der Waals surface area (Å²) < 4.78 is 11.5. The van der Waals surface area contributed by atoms with Crippen molar-refractivity contribution in [3.8, 4) is 0 Å². The molecule has 0 aromatic heterocycles. The Kier molecular flexibility index (Phi) is 8.51. The van der Waals surface area contributed by atoms with E-state index in [4.69, 9.17) is 9.47 Å². The van der Waals surface area contributed by atoms with Crippen molar-refractivity contribution in [3.05, 3.63) is 35.4 Å². The van der Waals surface area contributed by atoms with Crippen molar-refractivity contribution in [2.45, 2.75) is 52.9 Å². The predicted molar refractivity (Wildman–Crippen MR) is 84.0 cm³/mol. The van der Waals surface area contributed by atoms with E-state index in [1.54, 1.807) is 0 Å². The van der Waals surface area contributed by atoms with Gasteiger partial charge in [-0.2, -0.15) is 0 Å². The number of hydrogen-bond acceptors (Lipinski definition) is 3. The van der Waals surface area contributed by atoms with E-state index in [2.05, 4.69) is 43.4 Å². The van der Waals surface area contributed by atoms with Gasteiger partial charge in [-0.1, -0.05) is 36.8 Å². The third-order valence-corrected chi connectivity index (χ3v) is 3.19. The first kappa shape index (κ1) is 17.2. The van der Waals surface area contributed by atoms with E-state index in [1.165, 1.54) is 11.1 Å². The fourth-order valence-electron chi connectivity index (χ4n) is 2.30. The smallest absolute Gasteiger partial charge is 0.172 e. The molecule has 20 heavy (non-hydrogen) atoms. The molecule has 1 atom stereocenters. The minimum Gasteiger partial charge on any atom is -0.351 e. The summed E-state index contributed by atoms with van der Waals surface area (Å²) in [5.41, 5.74) is 2.61. The minimum absolute atomic E-state index is 0.183. The molecule has 0 saturated carbocycles. The Morgan fingerprint density at radius 2 is 1.80 bits per heavy atom. The first-order chi connectivity index (χ1) is 9.71. The summed E-state index contributed by atoms with van der Waals surface area (Å²) in [6.07, 6.45) is 1.85. The Bertz CT molecular complexity index is 362. The Hall–Kier alpha value is -0.900. The van der Waals surface area contributed by atoms with Gasteiger partial charge in [0.25, 0.3) is 0 Å². The topological polar surface area (TPSA) is 30.5 Å². The van der Waals surface area contributed by atoms with Crippen LogP contribution in [0, 0.1) is 6.92 Å². The van der Waals surface area contributed by atoms with Crippen LogP contribution in [-0.2, 0) is 15.9 Å². The molecule has 1 aromatic carbocycles. The van der Waals surface area contributed by atoms with Gasteiger partial charge in [0.05, 0.1) is 6.04 Å². The summed E-state index contributed by atoms with van der Waals surface area (Å²) in [6, 6.07) is 8.83. The Morgan fingerprint density at radius 3 is 2.35 bits per heavy atom. The second-order valence-corrected chi connectivity index (χ2v) is 5.03. The van der Waals surface area contributed by atoms with Crippen LogP contribution >= 0.6 is 0 Å². The van der Waals surface area contributed by atoms with E-state index in [0.29, 0.717) is 13.2 Å². The molecule has 0 heterocycles. The van der Waals surface area contributed by atoms with Crippen LogP contribution in [0.2, 0.25) is 0 Å². The van der Waals surface area contributed by atoms with Gasteiger partial charge in [-0.3, -0.25) is 0 Å². The molecular formula is C17H29NO2. The molecule has 0 aliphatic heterocycles. The van der Waals surface area contributed by atoms with E-state index in [9.17, 15) is 0 Å². The zero-order valence-electron chi connectivity index (χ0n) is 13.3. The van der Waals surface area contributed by atoms with Crippen molar-refractivity contribution in [2.24, 2.45) is 0 Å². The largest absolute Gasteiger partial charge is 0.351 e. The van der Waals surface area contributed by atoms with Gasteiger partial charge in [-0.05, 0) is 45.7 Å². The van der Waals surface area contributed by atoms with E-state index in [-0.39, 0.29) is 12.3 Å². The van der Waals surface area contributed by atoms with Crippen molar-refractivity contribution >= 4 is 0 Å². The third-order valence-electron chi connectivity index (χ3n) is 3.19. The number of nitrogens with one attached hydrogen (secondary N) is 1. The van der Waals surface area contributed by atoms with E-state index in [0.717, 1.165) is 19.4 Å². The number of benzene rings is 1. The highest BCUT2D eigenvalue weighted by Gasteiger charge is 2.22. The van der Waals surface area contributed by atoms with E-state index in [1.807, 2.05) is 13.8 Å². The average molecular weight is 279 g/mol. The predicted octanol–water partition coefficient (Wildman–Crippen LogP) is 3.30. The summed E-state index contributed by atoms with van der Waals surface area (Å²) in [5, 5.41) is 3.56. The lowest BCUT2D eigenvalue weighted by molar-refractivity contribution is -0.153. The zero-order valence-corrected chi connectivity index (χ0v) is 13.3. The molecule has 1 N–H and O–H groups in total. The first-order valence-corrected chi connectivity index (χ1v) is 7.73. The summed E-state index contributed by atoms with van der Waals surface area (Å²) in [4.78, 5) is 0. The highest BCUT2D eigenvalue weighted by Crippen LogP contribution is 2.12. The molecule has 0 bridgehead atoms. The van der Waals surface area contributed by atoms with Crippen LogP contribution in [0.4, 0.5) is 0 Å². The van der Waals surface area contributed by atoms with Crippen molar-refractivity contribution < 1.29 is 9.47 Å². The summed E-state index contributed by atoms with van der Waals surface area (Å²) >= 11 is 0. The maximum Gasteiger partial charge on any atom is 0.172 e. The van der Waals surface area contributed by atoms with Gasteiger partial charge in [0.15, 0.2) is 6.29 Å². The van der Waals surface area contributed by atoms with Crippen LogP contribution in [-0.4, -0.2) is 32.1 Å². The van der Waals surface area contributed by atoms with Crippen LogP contribution in [0.25, 0.3) is 0 Å². The summed E-state index contributed by atoms with van der Waals surface area (Å²) in [6.45, 7) is 10.6. The fraction of sp³-hybridized carbons (Fsp3) is 0.647. The van der Waals surface area contributed by atoms with Crippen molar-refractivity contribution in [3.63, 3.8) is 0 Å². The molecule has 0 radical (unpaired) electrons. The van der Waals surface area contributed by atoms with Crippen molar-refractivity contribution in [2.75, 3.05) is 19.8 Å². The van der Waals surface area contributed by atoms with Gasteiger partial charge >= 0.3 is 0 Å². The minimum atomic E-state index is -0.183. The summed E-state index contributed by atoms with van der Waals surface area (Å²) in [5.74, 6) is 0. The van der Waals surface area contributed by atoms with Crippen molar-refractivity contribution in [1.29, 1.82) is 0 Å². The van der Waals surface area contributed by atoms with Gasteiger partial charge in [0.1, 0.15) is 0 Å². The molecule has 0 fully saturated rings. The molecule has 0 aliphatic rings. The normalized spacial score (nSPS) is 12.8. The molecule has 3 nitrogen and oxygen atoms in total. The SMILES string of the molecule is CCCNC(Cc1cccc(C)c1)C(OCC)OCC. The second-order valence-electron chi connectivity index (χ2n) is 5.03. The quantitative estimate of drug-likeness (QED) is 0.667. The molecule has 1 rings (SSSR count). The lowest BCUT2D eigenvalue weighted by atomic mass is 10.0. The van der Waals surface area contributed by atoms with Gasteiger partial charge in [-0.15, -0.1) is 0 Å². The van der Waals surface area contributed by atoms with Crippen LogP contribution in [0.1, 0.15) is 38.3 Å². The van der Waals surface area contributed by atoms with Gasteiger partial charge in [0.2, 0.25) is 0 Å². The lowest BCUT2D eigenvalue weighted by Gasteiger charge is -2.28. The molecular weight excluding hydrogens is 250 g/mol. The molecule has 1 unspecified atom stereocenters. The molecule has 114 valence electrons. The summed E-state index contributed by atoms with van der Waals surface area (Å²) in [7, 11) is 0. The van der Waals surface area contributed by atoms with Crippen LogP contribution in [0.5, 0.6) is 0 Å². The van der Waals surface area contributed by atoms with Gasteiger partial charge in [-0.25, -0.2) is 0 Å². The van der Waals surface area contributed by atoms with Crippen molar-refractivity contribution in [1.82, 2.24) is 5.32 Å². The van der Waals surface area contributed by atoms with Gasteiger partial charge < -0.3 is 14.8 Å². The van der Waals surface area contributed by atoms with Gasteiger partial charge in [0, 0.05) is 13.2 Å². The standard InChI is InChI=1S/C17H29NO2/c1-5-11-18-16(17(19-6-2)20-7-3)13-15-10-8-9-14(4)12-15/h8-10,12,16-18H,5-7,11,13H2,1-4H3. The number of rotatable bonds is 10. The van der Waals surface area contributed by atoms with E-state index < -0.39 is 0 Å². The molecule has 0 aliphatic carbocycles. The molecule has 0 saturated heterocycles. The zero-order chi connectivity index (χ0) is 14.8. The highest BCUT2D eigenvalue weighted by atomic mass is 16.7. The molecule has 0 amide bonds. The molecule has 1 aromatic rings. The molecule has 0 spiro atoms. The fourth-order valence-corrected chi connectivity index (χ4v) is 2.30. The number of hydrogen-bond donors (Lipinski definition) is 1. The van der Waals surface area contributed by atoms with Crippen LogP contribution in [0.15, 0.2) is 24.3 Å². The number of aryl methyl sites for hydroxylation is 1. The first-order valence-electron chi connectivity index (χ1n) is 7.73. The third kappa shape index (κ3) is 6.04. The Labute approximate surface area is 123 Å². The maximum atomic E-state index is 5.76. The highest BCUT2D eigenvalue weighted by molar-refractivity contribution is 5.23.